The summed E-state index contributed by atoms with van der Waals surface area (Å²) in [4.78, 5) is 26.6. The molecule has 1 aliphatic rings. The molecule has 1 amide bonds. The number of morpholine rings is 1. The molecule has 3 rings (SSSR count). The summed E-state index contributed by atoms with van der Waals surface area (Å²) in [5, 5.41) is 11.8. The maximum Gasteiger partial charge on any atom is 0.237 e. The first-order chi connectivity index (χ1) is 13.5. The second-order valence-electron chi connectivity index (χ2n) is 6.48. The van der Waals surface area contributed by atoms with Crippen molar-refractivity contribution in [3.05, 3.63) is 29.8 Å². The van der Waals surface area contributed by atoms with Crippen molar-refractivity contribution in [2.24, 2.45) is 0 Å². The van der Waals surface area contributed by atoms with Crippen LogP contribution in [0.3, 0.4) is 0 Å². The van der Waals surface area contributed by atoms with E-state index >= 15 is 0 Å². The van der Waals surface area contributed by atoms with Gasteiger partial charge >= 0.3 is 0 Å². The molecule has 1 saturated heterocycles. The highest BCUT2D eigenvalue weighted by atomic mass is 32.2. The van der Waals surface area contributed by atoms with Crippen LogP contribution < -0.4 is 10.2 Å². The highest BCUT2D eigenvalue weighted by molar-refractivity contribution is 8.00. The maximum atomic E-state index is 12.7. The number of carbonyl (C=O) groups excluding carboxylic acids is 2. The number of para-hydroxylation sites is 1. The van der Waals surface area contributed by atoms with Gasteiger partial charge in [0, 0.05) is 25.2 Å². The topological polar surface area (TPSA) is 89.3 Å². The van der Waals surface area contributed by atoms with Crippen LogP contribution in [0.15, 0.2) is 29.4 Å². The van der Waals surface area contributed by atoms with E-state index in [-0.39, 0.29) is 11.7 Å². The number of ether oxygens (including phenoxy) is 1. The highest BCUT2D eigenvalue weighted by Crippen LogP contribution is 2.27. The molecule has 0 aliphatic carbocycles. The van der Waals surface area contributed by atoms with Crippen LogP contribution in [0.1, 0.15) is 31.1 Å². The van der Waals surface area contributed by atoms with E-state index in [2.05, 4.69) is 20.4 Å². The Hall–Kier alpha value is -2.39. The van der Waals surface area contributed by atoms with Gasteiger partial charge in [-0.3, -0.25) is 14.2 Å². The van der Waals surface area contributed by atoms with Gasteiger partial charge in [-0.1, -0.05) is 23.9 Å². The van der Waals surface area contributed by atoms with Crippen LogP contribution in [0.4, 0.5) is 11.6 Å². The zero-order chi connectivity index (χ0) is 20.1. The molecule has 8 nitrogen and oxygen atoms in total. The summed E-state index contributed by atoms with van der Waals surface area (Å²) in [5.41, 5.74) is 1.03. The van der Waals surface area contributed by atoms with Crippen LogP contribution in [0.25, 0.3) is 0 Å². The highest BCUT2D eigenvalue weighted by Gasteiger charge is 2.23. The number of thioether (sulfide) groups is 1. The predicted octanol–water partition coefficient (Wildman–Crippen LogP) is 2.46. The van der Waals surface area contributed by atoms with Crippen molar-refractivity contribution in [1.82, 2.24) is 14.8 Å². The van der Waals surface area contributed by atoms with Crippen LogP contribution in [-0.2, 0) is 16.1 Å². The van der Waals surface area contributed by atoms with Gasteiger partial charge in [-0.15, -0.1) is 10.2 Å². The normalized spacial score (nSPS) is 15.3. The second kappa shape index (κ2) is 9.20. The molecule has 1 aliphatic heterocycles. The quantitative estimate of drug-likeness (QED) is 0.561. The van der Waals surface area contributed by atoms with Gasteiger partial charge in [-0.2, -0.15) is 0 Å². The molecule has 0 radical (unpaired) electrons. The van der Waals surface area contributed by atoms with E-state index in [1.54, 1.807) is 24.3 Å². The first-order valence-corrected chi connectivity index (χ1v) is 10.2. The number of carbonyl (C=O) groups is 2. The molecule has 1 aromatic carbocycles. The molecular weight excluding hydrogens is 378 g/mol. The fourth-order valence-corrected chi connectivity index (χ4v) is 3.90. The van der Waals surface area contributed by atoms with Gasteiger partial charge < -0.3 is 15.0 Å². The molecule has 0 saturated carbocycles. The zero-order valence-electron chi connectivity index (χ0n) is 16.3. The zero-order valence-corrected chi connectivity index (χ0v) is 17.2. The largest absolute Gasteiger partial charge is 0.378 e. The number of Topliss-reactive ketones (excluding diaryl/α,β-unsaturated/α-hetero) is 1. The number of nitrogens with one attached hydrogen (secondary N) is 1. The van der Waals surface area contributed by atoms with E-state index in [4.69, 9.17) is 4.74 Å². The van der Waals surface area contributed by atoms with Crippen molar-refractivity contribution in [2.75, 3.05) is 36.5 Å². The monoisotopic (exact) mass is 403 g/mol. The third-order valence-electron chi connectivity index (χ3n) is 4.52. The van der Waals surface area contributed by atoms with Gasteiger partial charge in [0.1, 0.15) is 0 Å². The Morgan fingerprint density at radius 2 is 1.96 bits per heavy atom. The van der Waals surface area contributed by atoms with Crippen LogP contribution in [0, 0.1) is 0 Å². The number of nitrogens with zero attached hydrogens (tertiary/aromatic N) is 4. The Kier molecular flexibility index (Phi) is 6.69. The Morgan fingerprint density at radius 1 is 1.25 bits per heavy atom. The number of rotatable bonds is 7. The van der Waals surface area contributed by atoms with Crippen molar-refractivity contribution >= 4 is 35.1 Å². The summed E-state index contributed by atoms with van der Waals surface area (Å²) in [6.07, 6.45) is 0. The minimum Gasteiger partial charge on any atom is -0.378 e. The van der Waals surface area contributed by atoms with Gasteiger partial charge in [0.15, 0.2) is 10.9 Å². The van der Waals surface area contributed by atoms with Crippen molar-refractivity contribution in [3.8, 4) is 0 Å². The molecule has 1 N–H and O–H groups in total. The minimum atomic E-state index is -0.396. The van der Waals surface area contributed by atoms with Crippen molar-refractivity contribution in [2.45, 2.75) is 37.7 Å². The molecular formula is C19H25N5O3S. The Labute approximate surface area is 168 Å². The number of ketones is 1. The first-order valence-electron chi connectivity index (χ1n) is 9.34. The summed E-state index contributed by atoms with van der Waals surface area (Å²) in [6, 6.07) is 7.01. The summed E-state index contributed by atoms with van der Waals surface area (Å²) < 4.78 is 7.42. The fraction of sp³-hybridized carbons (Fsp3) is 0.474. The molecule has 1 aromatic heterocycles. The molecule has 1 atom stereocenters. The van der Waals surface area contributed by atoms with Crippen LogP contribution in [-0.4, -0.2) is 58.0 Å². The van der Waals surface area contributed by atoms with Crippen LogP contribution in [0.5, 0.6) is 0 Å². The van der Waals surface area contributed by atoms with Crippen molar-refractivity contribution in [1.29, 1.82) is 0 Å². The lowest BCUT2D eigenvalue weighted by Gasteiger charge is -2.27. The Morgan fingerprint density at radius 3 is 2.64 bits per heavy atom. The molecule has 9 heteroatoms. The van der Waals surface area contributed by atoms with Gasteiger partial charge in [-0.25, -0.2) is 0 Å². The molecule has 0 bridgehead atoms. The van der Waals surface area contributed by atoms with Gasteiger partial charge in [0.2, 0.25) is 11.9 Å². The van der Waals surface area contributed by atoms with E-state index in [9.17, 15) is 9.59 Å². The molecule has 0 unspecified atom stereocenters. The number of anilines is 2. The lowest BCUT2D eigenvalue weighted by atomic mass is 10.1. The molecule has 1 fully saturated rings. The second-order valence-corrected chi connectivity index (χ2v) is 7.79. The van der Waals surface area contributed by atoms with E-state index in [0.717, 1.165) is 19.0 Å². The third kappa shape index (κ3) is 4.53. The summed E-state index contributed by atoms with van der Waals surface area (Å²) in [6.45, 7) is 8.95. The van der Waals surface area contributed by atoms with Crippen molar-refractivity contribution in [3.63, 3.8) is 0 Å². The number of benzene rings is 1. The lowest BCUT2D eigenvalue weighted by Crippen LogP contribution is -2.38. The molecule has 150 valence electrons. The van der Waals surface area contributed by atoms with E-state index in [1.165, 1.54) is 18.7 Å². The fourth-order valence-electron chi connectivity index (χ4n) is 2.99. The van der Waals surface area contributed by atoms with E-state index in [1.807, 2.05) is 18.4 Å². The van der Waals surface area contributed by atoms with Crippen LogP contribution >= 0.6 is 11.8 Å². The standard InChI is InChI=1S/C19H25N5O3S/c1-4-24-18(23-9-11-27-12-10-23)21-22-19(24)28-14(3)17(26)20-16-8-6-5-7-15(16)13(2)25/h5-8,14H,4,9-12H2,1-3H3,(H,20,26)/t14-/m0/s1. The third-order valence-corrected chi connectivity index (χ3v) is 5.60. The number of amides is 1. The number of aromatic nitrogens is 3. The lowest BCUT2D eigenvalue weighted by molar-refractivity contribution is -0.115. The minimum absolute atomic E-state index is 0.0860. The smallest absolute Gasteiger partial charge is 0.237 e. The number of hydrogen-bond acceptors (Lipinski definition) is 7. The Balaban J connectivity index is 1.70. The van der Waals surface area contributed by atoms with E-state index < -0.39 is 5.25 Å². The average Bonchev–Trinajstić information content (AvgIpc) is 3.11. The van der Waals surface area contributed by atoms with E-state index in [0.29, 0.717) is 36.2 Å². The summed E-state index contributed by atoms with van der Waals surface area (Å²) in [7, 11) is 0. The first kappa shape index (κ1) is 20.3. The van der Waals surface area contributed by atoms with Crippen molar-refractivity contribution < 1.29 is 14.3 Å². The Bertz CT molecular complexity index is 848. The molecule has 2 heterocycles. The predicted molar refractivity (Wildman–Crippen MR) is 109 cm³/mol. The van der Waals surface area contributed by atoms with Gasteiger partial charge in [0.05, 0.1) is 24.2 Å². The molecule has 0 spiro atoms. The number of hydrogen-bond donors (Lipinski definition) is 1. The molecule has 2 aromatic rings. The maximum absolute atomic E-state index is 12.7. The van der Waals surface area contributed by atoms with Gasteiger partial charge in [-0.05, 0) is 32.9 Å². The molecule has 28 heavy (non-hydrogen) atoms. The van der Waals surface area contributed by atoms with Crippen LogP contribution in [0.2, 0.25) is 0 Å². The SMILES string of the molecule is CCn1c(S[C@@H](C)C(=O)Nc2ccccc2C(C)=O)nnc1N1CCOCC1. The summed E-state index contributed by atoms with van der Waals surface area (Å²) in [5.74, 6) is 0.539. The average molecular weight is 404 g/mol. The summed E-state index contributed by atoms with van der Waals surface area (Å²) >= 11 is 1.36. The van der Waals surface area contributed by atoms with Gasteiger partial charge in [0.25, 0.3) is 0 Å².